The largest absolute Gasteiger partial charge is 0.480 e. The molecule has 19 heavy (non-hydrogen) atoms. The van der Waals surface area contributed by atoms with Crippen LogP contribution in [0.25, 0.3) is 0 Å². The first-order chi connectivity index (χ1) is 9.11. The van der Waals surface area contributed by atoms with E-state index in [2.05, 4.69) is 10.2 Å². The van der Waals surface area contributed by atoms with Gasteiger partial charge in [0.25, 0.3) is 0 Å². The fraction of sp³-hybridized carbons (Fsp3) is 0.267. The minimum Gasteiger partial charge on any atom is -0.480 e. The van der Waals surface area contributed by atoms with Crippen molar-refractivity contribution in [3.63, 3.8) is 0 Å². The van der Waals surface area contributed by atoms with Gasteiger partial charge in [-0.1, -0.05) is 18.2 Å². The Hall–Kier alpha value is -2.23. The molecule has 1 aromatic heterocycles. The maximum atomic E-state index is 12.3. The second-order valence-electron chi connectivity index (χ2n) is 4.43. The van der Waals surface area contributed by atoms with Gasteiger partial charge in [0, 0.05) is 11.6 Å². The second kappa shape index (κ2) is 5.61. The van der Waals surface area contributed by atoms with Crippen LogP contribution in [0.2, 0.25) is 0 Å². The van der Waals surface area contributed by atoms with Crippen LogP contribution < -0.4 is 4.74 Å². The third kappa shape index (κ3) is 2.96. The van der Waals surface area contributed by atoms with E-state index < -0.39 is 0 Å². The molecule has 2 rings (SSSR count). The number of hydrogen-bond acceptors (Lipinski definition) is 4. The number of aromatic nitrogens is 2. The Balaban J connectivity index is 2.21. The Morgan fingerprint density at radius 3 is 2.32 bits per heavy atom. The van der Waals surface area contributed by atoms with Gasteiger partial charge in [0.15, 0.2) is 5.78 Å². The van der Waals surface area contributed by atoms with Crippen molar-refractivity contribution in [2.75, 3.05) is 7.11 Å². The molecule has 98 valence electrons. The lowest BCUT2D eigenvalue weighted by Gasteiger charge is -2.08. The zero-order chi connectivity index (χ0) is 13.8. The van der Waals surface area contributed by atoms with Crippen LogP contribution >= 0.6 is 0 Å². The van der Waals surface area contributed by atoms with Gasteiger partial charge in [0.05, 0.1) is 19.2 Å². The smallest absolute Gasteiger partial charge is 0.233 e. The van der Waals surface area contributed by atoms with Gasteiger partial charge >= 0.3 is 0 Å². The summed E-state index contributed by atoms with van der Waals surface area (Å²) in [5.41, 5.74) is 3.41. The van der Waals surface area contributed by atoms with E-state index in [1.807, 2.05) is 32.0 Å². The lowest BCUT2D eigenvalue weighted by atomic mass is 9.97. The summed E-state index contributed by atoms with van der Waals surface area (Å²) in [6, 6.07) is 9.31. The highest BCUT2D eigenvalue weighted by molar-refractivity contribution is 5.99. The first kappa shape index (κ1) is 13.2. The lowest BCUT2D eigenvalue weighted by Crippen LogP contribution is -2.09. The van der Waals surface area contributed by atoms with Crippen LogP contribution in [0.5, 0.6) is 5.88 Å². The first-order valence-electron chi connectivity index (χ1n) is 6.08. The molecular weight excluding hydrogens is 240 g/mol. The lowest BCUT2D eigenvalue weighted by molar-refractivity contribution is 0.0990. The number of carbonyl (C=O) groups excluding carboxylic acids is 1. The van der Waals surface area contributed by atoms with Crippen molar-refractivity contribution in [1.82, 2.24) is 10.2 Å². The van der Waals surface area contributed by atoms with E-state index in [1.54, 1.807) is 12.1 Å². The molecule has 0 amide bonds. The number of rotatable bonds is 4. The zero-order valence-electron chi connectivity index (χ0n) is 11.3. The highest BCUT2D eigenvalue weighted by Crippen LogP contribution is 2.16. The zero-order valence-corrected chi connectivity index (χ0v) is 11.3. The molecule has 0 aliphatic rings. The highest BCUT2D eigenvalue weighted by Gasteiger charge is 2.13. The molecule has 0 atom stereocenters. The molecule has 2 aromatic rings. The van der Waals surface area contributed by atoms with E-state index in [1.165, 1.54) is 7.11 Å². The van der Waals surface area contributed by atoms with Crippen LogP contribution in [0.15, 0.2) is 30.3 Å². The second-order valence-corrected chi connectivity index (χ2v) is 4.43. The van der Waals surface area contributed by atoms with Crippen molar-refractivity contribution in [3.8, 4) is 5.88 Å². The number of aryl methyl sites for hydroxylation is 2. The number of methoxy groups -OCH3 is 1. The fourth-order valence-electron chi connectivity index (χ4n) is 2.06. The van der Waals surface area contributed by atoms with E-state index >= 15 is 0 Å². The van der Waals surface area contributed by atoms with E-state index in [4.69, 9.17) is 4.74 Å². The molecule has 0 saturated carbocycles. The fourth-order valence-corrected chi connectivity index (χ4v) is 2.06. The molecule has 0 fully saturated rings. The van der Waals surface area contributed by atoms with Crippen LogP contribution in [0.3, 0.4) is 0 Å². The van der Waals surface area contributed by atoms with Crippen molar-refractivity contribution in [2.45, 2.75) is 20.3 Å². The average Bonchev–Trinajstić information content (AvgIpc) is 2.39. The molecule has 4 heteroatoms. The van der Waals surface area contributed by atoms with Crippen LogP contribution in [0.1, 0.15) is 27.2 Å². The van der Waals surface area contributed by atoms with Gasteiger partial charge in [-0.05, 0) is 31.0 Å². The molecule has 1 heterocycles. The first-order valence-corrected chi connectivity index (χ1v) is 6.08. The molecule has 0 aliphatic heterocycles. The molecule has 0 N–H and O–H groups in total. The van der Waals surface area contributed by atoms with Gasteiger partial charge in [-0.2, -0.15) is 5.10 Å². The number of ether oxygens (including phenoxy) is 1. The number of benzene rings is 1. The van der Waals surface area contributed by atoms with Crippen molar-refractivity contribution < 1.29 is 9.53 Å². The number of Topliss-reactive ketones (excluding diaryl/α,β-unsaturated/α-hetero) is 1. The summed E-state index contributed by atoms with van der Waals surface area (Å²) in [4.78, 5) is 12.3. The molecule has 0 saturated heterocycles. The molecule has 0 unspecified atom stereocenters. The SMILES string of the molecule is COc1ccc(CC(=O)c2c(C)cccc2C)nn1. The summed E-state index contributed by atoms with van der Waals surface area (Å²) >= 11 is 0. The van der Waals surface area contributed by atoms with Gasteiger partial charge < -0.3 is 4.74 Å². The van der Waals surface area contributed by atoms with E-state index in [0.29, 0.717) is 11.6 Å². The predicted octanol–water partition coefficient (Wildman–Crippen LogP) is 2.53. The quantitative estimate of drug-likeness (QED) is 0.789. The summed E-state index contributed by atoms with van der Waals surface area (Å²) in [7, 11) is 1.53. The van der Waals surface area contributed by atoms with Gasteiger partial charge in [-0.25, -0.2) is 0 Å². The normalized spacial score (nSPS) is 10.3. The minimum absolute atomic E-state index is 0.0649. The predicted molar refractivity (Wildman–Crippen MR) is 72.5 cm³/mol. The number of ketones is 1. The summed E-state index contributed by atoms with van der Waals surface area (Å²) < 4.78 is 4.94. The van der Waals surface area contributed by atoms with Crippen molar-refractivity contribution in [2.24, 2.45) is 0 Å². The average molecular weight is 256 g/mol. The Kier molecular flexibility index (Phi) is 3.90. The third-order valence-electron chi connectivity index (χ3n) is 3.01. The Morgan fingerprint density at radius 1 is 1.11 bits per heavy atom. The maximum Gasteiger partial charge on any atom is 0.233 e. The van der Waals surface area contributed by atoms with Crippen LogP contribution in [-0.4, -0.2) is 23.1 Å². The molecule has 0 spiro atoms. The van der Waals surface area contributed by atoms with Crippen LogP contribution in [0.4, 0.5) is 0 Å². The molecular formula is C15H16N2O2. The highest BCUT2D eigenvalue weighted by atomic mass is 16.5. The van der Waals surface area contributed by atoms with Gasteiger partial charge in [-0.15, -0.1) is 5.10 Å². The summed E-state index contributed by atoms with van der Waals surface area (Å²) in [5, 5.41) is 7.84. The molecule has 1 aromatic carbocycles. The van der Waals surface area contributed by atoms with Crippen molar-refractivity contribution in [1.29, 1.82) is 0 Å². The number of carbonyl (C=O) groups is 1. The van der Waals surface area contributed by atoms with Gasteiger partial charge in [-0.3, -0.25) is 4.79 Å². The molecule has 0 bridgehead atoms. The summed E-state index contributed by atoms with van der Waals surface area (Å²) in [6.45, 7) is 3.89. The Morgan fingerprint density at radius 2 is 1.79 bits per heavy atom. The topological polar surface area (TPSA) is 52.1 Å². The standard InChI is InChI=1S/C15H16N2O2/c1-10-5-4-6-11(2)15(10)13(18)9-12-7-8-14(19-3)17-16-12/h4-8H,9H2,1-3H3. The van der Waals surface area contributed by atoms with E-state index in [0.717, 1.165) is 16.7 Å². The molecule has 0 radical (unpaired) electrons. The maximum absolute atomic E-state index is 12.3. The van der Waals surface area contributed by atoms with E-state index in [9.17, 15) is 4.79 Å². The Bertz CT molecular complexity index is 571. The van der Waals surface area contributed by atoms with Gasteiger partial charge in [0.2, 0.25) is 5.88 Å². The van der Waals surface area contributed by atoms with Crippen LogP contribution in [-0.2, 0) is 6.42 Å². The molecule has 0 aliphatic carbocycles. The minimum atomic E-state index is 0.0649. The van der Waals surface area contributed by atoms with Crippen LogP contribution in [0, 0.1) is 13.8 Å². The van der Waals surface area contributed by atoms with E-state index in [-0.39, 0.29) is 12.2 Å². The van der Waals surface area contributed by atoms with Gasteiger partial charge in [0.1, 0.15) is 0 Å². The number of hydrogen-bond donors (Lipinski definition) is 0. The van der Waals surface area contributed by atoms with Crippen molar-refractivity contribution in [3.05, 3.63) is 52.7 Å². The number of nitrogens with zero attached hydrogens (tertiary/aromatic N) is 2. The van der Waals surface area contributed by atoms with Crippen molar-refractivity contribution >= 4 is 5.78 Å². The monoisotopic (exact) mass is 256 g/mol. The summed E-state index contributed by atoms with van der Waals surface area (Å²) in [6.07, 6.45) is 0.253. The third-order valence-corrected chi connectivity index (χ3v) is 3.01. The summed E-state index contributed by atoms with van der Waals surface area (Å²) in [5.74, 6) is 0.512. The molecule has 4 nitrogen and oxygen atoms in total. The Labute approximate surface area is 112 Å².